The first-order chi connectivity index (χ1) is 13.9. The van der Waals surface area contributed by atoms with Gasteiger partial charge in [0.25, 0.3) is 0 Å². The van der Waals surface area contributed by atoms with Crippen molar-refractivity contribution in [3.8, 4) is 5.69 Å². The van der Waals surface area contributed by atoms with Crippen molar-refractivity contribution in [1.82, 2.24) is 9.99 Å². The van der Waals surface area contributed by atoms with E-state index in [4.69, 9.17) is 0 Å². The molecule has 3 aromatic rings. The van der Waals surface area contributed by atoms with Gasteiger partial charge in [0, 0.05) is 28.3 Å². The summed E-state index contributed by atoms with van der Waals surface area (Å²) in [5, 5.41) is 6.94. The highest BCUT2D eigenvalue weighted by molar-refractivity contribution is 5.91. The summed E-state index contributed by atoms with van der Waals surface area (Å²) in [4.78, 5) is 12.1. The van der Waals surface area contributed by atoms with E-state index in [2.05, 4.69) is 71.5 Å². The van der Waals surface area contributed by atoms with Crippen LogP contribution in [0.2, 0.25) is 0 Å². The van der Waals surface area contributed by atoms with Gasteiger partial charge in [-0.05, 0) is 69.5 Å². The molecule has 0 aliphatic heterocycles. The van der Waals surface area contributed by atoms with Crippen LogP contribution in [0.3, 0.4) is 0 Å². The lowest BCUT2D eigenvalue weighted by molar-refractivity contribution is 0.252. The van der Waals surface area contributed by atoms with Crippen molar-refractivity contribution >= 4 is 17.9 Å². The van der Waals surface area contributed by atoms with Gasteiger partial charge in [0.1, 0.15) is 0 Å². The molecule has 0 aliphatic rings. The maximum Gasteiger partial charge on any atom is 0.339 e. The van der Waals surface area contributed by atoms with Crippen LogP contribution in [-0.2, 0) is 6.42 Å². The zero-order chi connectivity index (χ0) is 21.0. The Morgan fingerprint density at radius 2 is 1.76 bits per heavy atom. The molecule has 0 aliphatic carbocycles. The van der Waals surface area contributed by atoms with Crippen molar-refractivity contribution < 1.29 is 4.79 Å². The summed E-state index contributed by atoms with van der Waals surface area (Å²) in [6.45, 7) is 10.3. The average Bonchev–Trinajstić information content (AvgIpc) is 2.97. The molecule has 0 bridgehead atoms. The second kappa shape index (κ2) is 8.78. The standard InChI is InChI=1S/C24H28N4O/c1-6-20-8-10-22(11-9-20)28-18(4)14-21(19(28)5)15-25-27-24(29)26-23-12-7-16(2)13-17(23)3/h7-15H,6H2,1-5H3,(H2,26,27,29)/b25-15+. The molecule has 1 aromatic heterocycles. The molecule has 1 heterocycles. The Kier molecular flexibility index (Phi) is 6.17. The highest BCUT2D eigenvalue weighted by atomic mass is 16.2. The molecule has 0 unspecified atom stereocenters. The minimum atomic E-state index is -0.364. The second-order valence-electron chi connectivity index (χ2n) is 7.32. The van der Waals surface area contributed by atoms with E-state index in [1.807, 2.05) is 32.0 Å². The molecule has 0 spiro atoms. The van der Waals surface area contributed by atoms with E-state index < -0.39 is 0 Å². The third-order valence-corrected chi connectivity index (χ3v) is 5.07. The Bertz CT molecular complexity index is 1050. The van der Waals surface area contributed by atoms with Gasteiger partial charge in [-0.1, -0.05) is 36.8 Å². The number of anilines is 1. The van der Waals surface area contributed by atoms with E-state index in [9.17, 15) is 4.79 Å². The Balaban J connectivity index is 1.70. The minimum absolute atomic E-state index is 0.364. The van der Waals surface area contributed by atoms with Crippen LogP contribution >= 0.6 is 0 Å². The van der Waals surface area contributed by atoms with E-state index in [1.165, 1.54) is 5.56 Å². The molecule has 2 amide bonds. The number of carbonyl (C=O) groups is 1. The number of nitrogens with one attached hydrogen (secondary N) is 2. The number of carbonyl (C=O) groups excluding carboxylic acids is 1. The summed E-state index contributed by atoms with van der Waals surface area (Å²) in [5.74, 6) is 0. The molecule has 5 nitrogen and oxygen atoms in total. The Hall–Kier alpha value is -3.34. The zero-order valence-corrected chi connectivity index (χ0v) is 17.7. The molecule has 0 fully saturated rings. The summed E-state index contributed by atoms with van der Waals surface area (Å²) < 4.78 is 2.19. The molecule has 0 saturated heterocycles. The van der Waals surface area contributed by atoms with E-state index >= 15 is 0 Å². The highest BCUT2D eigenvalue weighted by Gasteiger charge is 2.10. The number of hydrogen-bond acceptors (Lipinski definition) is 2. The topological polar surface area (TPSA) is 58.4 Å². The number of nitrogens with zero attached hydrogens (tertiary/aromatic N) is 2. The molecular weight excluding hydrogens is 360 g/mol. The first kappa shape index (κ1) is 20.4. The van der Waals surface area contributed by atoms with E-state index in [0.717, 1.165) is 45.9 Å². The number of amides is 2. The first-order valence-electron chi connectivity index (χ1n) is 9.84. The van der Waals surface area contributed by atoms with Crippen molar-refractivity contribution in [1.29, 1.82) is 0 Å². The maximum atomic E-state index is 12.1. The summed E-state index contributed by atoms with van der Waals surface area (Å²) in [5.41, 5.74) is 11.1. The quantitative estimate of drug-likeness (QED) is 0.444. The lowest BCUT2D eigenvalue weighted by Gasteiger charge is -2.10. The van der Waals surface area contributed by atoms with Crippen LogP contribution in [0.4, 0.5) is 10.5 Å². The smallest absolute Gasteiger partial charge is 0.318 e. The number of hydrogen-bond donors (Lipinski definition) is 2. The number of aryl methyl sites for hydroxylation is 4. The van der Waals surface area contributed by atoms with Gasteiger partial charge in [0.2, 0.25) is 0 Å². The third-order valence-electron chi connectivity index (χ3n) is 5.07. The summed E-state index contributed by atoms with van der Waals surface area (Å²) in [7, 11) is 0. The fourth-order valence-corrected chi connectivity index (χ4v) is 3.46. The van der Waals surface area contributed by atoms with Crippen LogP contribution in [0.15, 0.2) is 53.6 Å². The van der Waals surface area contributed by atoms with Gasteiger partial charge in [-0.3, -0.25) is 0 Å². The van der Waals surface area contributed by atoms with Gasteiger partial charge in [-0.2, -0.15) is 5.10 Å². The maximum absolute atomic E-state index is 12.1. The third kappa shape index (κ3) is 4.74. The number of urea groups is 1. The Morgan fingerprint density at radius 3 is 2.41 bits per heavy atom. The SMILES string of the molecule is CCc1ccc(-n2c(C)cc(/C=N/NC(=O)Nc3ccc(C)cc3C)c2C)cc1. The fourth-order valence-electron chi connectivity index (χ4n) is 3.46. The van der Waals surface area contributed by atoms with Gasteiger partial charge >= 0.3 is 6.03 Å². The summed E-state index contributed by atoms with van der Waals surface area (Å²) in [6.07, 6.45) is 2.71. The largest absolute Gasteiger partial charge is 0.339 e. The normalized spacial score (nSPS) is 11.1. The highest BCUT2D eigenvalue weighted by Crippen LogP contribution is 2.20. The Labute approximate surface area is 172 Å². The molecule has 2 N–H and O–H groups in total. The molecule has 3 rings (SSSR count). The first-order valence-corrected chi connectivity index (χ1v) is 9.84. The minimum Gasteiger partial charge on any atom is -0.318 e. The predicted molar refractivity (Wildman–Crippen MR) is 120 cm³/mol. The van der Waals surface area contributed by atoms with Gasteiger partial charge < -0.3 is 9.88 Å². The lowest BCUT2D eigenvalue weighted by atomic mass is 10.1. The predicted octanol–water partition coefficient (Wildman–Crippen LogP) is 5.43. The van der Waals surface area contributed by atoms with Crippen molar-refractivity contribution in [3.63, 3.8) is 0 Å². The Morgan fingerprint density at radius 1 is 1.03 bits per heavy atom. The van der Waals surface area contributed by atoms with Gasteiger partial charge in [-0.15, -0.1) is 0 Å². The number of rotatable bonds is 5. The summed E-state index contributed by atoms with van der Waals surface area (Å²) in [6, 6.07) is 16.2. The van der Waals surface area contributed by atoms with Gasteiger partial charge in [0.05, 0.1) is 6.21 Å². The number of aromatic nitrogens is 1. The molecule has 150 valence electrons. The second-order valence-corrected chi connectivity index (χ2v) is 7.32. The van der Waals surface area contributed by atoms with Crippen molar-refractivity contribution in [3.05, 3.63) is 82.2 Å². The zero-order valence-electron chi connectivity index (χ0n) is 17.7. The summed E-state index contributed by atoms with van der Waals surface area (Å²) >= 11 is 0. The molecule has 0 saturated carbocycles. The van der Waals surface area contributed by atoms with E-state index in [1.54, 1.807) is 6.21 Å². The van der Waals surface area contributed by atoms with E-state index in [0.29, 0.717) is 0 Å². The molecule has 2 aromatic carbocycles. The van der Waals surface area contributed by atoms with Crippen LogP contribution in [-0.4, -0.2) is 16.8 Å². The van der Waals surface area contributed by atoms with Crippen LogP contribution < -0.4 is 10.7 Å². The molecule has 0 atom stereocenters. The number of hydrazone groups is 1. The van der Waals surface area contributed by atoms with Gasteiger partial charge in [0.15, 0.2) is 0 Å². The molecule has 5 heteroatoms. The molecule has 0 radical (unpaired) electrons. The van der Waals surface area contributed by atoms with Crippen LogP contribution in [0.1, 0.15) is 40.6 Å². The molecular formula is C24H28N4O. The van der Waals surface area contributed by atoms with Crippen LogP contribution in [0.5, 0.6) is 0 Å². The van der Waals surface area contributed by atoms with Gasteiger partial charge in [-0.25, -0.2) is 10.2 Å². The monoisotopic (exact) mass is 388 g/mol. The fraction of sp³-hybridized carbons (Fsp3) is 0.250. The van der Waals surface area contributed by atoms with E-state index in [-0.39, 0.29) is 6.03 Å². The van der Waals surface area contributed by atoms with Crippen molar-refractivity contribution in [2.75, 3.05) is 5.32 Å². The lowest BCUT2D eigenvalue weighted by Crippen LogP contribution is -2.24. The van der Waals surface area contributed by atoms with Crippen LogP contribution in [0.25, 0.3) is 5.69 Å². The number of benzene rings is 2. The van der Waals surface area contributed by atoms with Crippen molar-refractivity contribution in [2.45, 2.75) is 41.0 Å². The van der Waals surface area contributed by atoms with Crippen LogP contribution in [0, 0.1) is 27.7 Å². The average molecular weight is 389 g/mol. The molecule has 29 heavy (non-hydrogen) atoms. The van der Waals surface area contributed by atoms with Crippen molar-refractivity contribution in [2.24, 2.45) is 5.10 Å².